The molecule has 18 heavy (non-hydrogen) atoms. The molecule has 4 heteroatoms. The number of nitrogens with one attached hydrogen (secondary N) is 1. The van der Waals surface area contributed by atoms with Gasteiger partial charge in [0.15, 0.2) is 0 Å². The fraction of sp³-hybridized carbons (Fsp3) is 0.214. The summed E-state index contributed by atoms with van der Waals surface area (Å²) in [5.74, 6) is 0.782. The minimum atomic E-state index is 0.678. The van der Waals surface area contributed by atoms with Crippen LogP contribution in [0, 0.1) is 6.92 Å². The Morgan fingerprint density at radius 2 is 2.17 bits per heavy atom. The molecule has 0 atom stereocenters. The number of halogens is 1. The van der Waals surface area contributed by atoms with Crippen LogP contribution < -0.4 is 10.1 Å². The number of benzene rings is 1. The topological polar surface area (TPSA) is 34.1 Å². The number of aryl methyl sites for hydroxylation is 1. The smallest absolute Gasteiger partial charge is 0.121 e. The van der Waals surface area contributed by atoms with Crippen molar-refractivity contribution in [3.05, 3.63) is 52.8 Å². The summed E-state index contributed by atoms with van der Waals surface area (Å²) in [5, 5.41) is 3.97. The summed E-state index contributed by atoms with van der Waals surface area (Å²) in [5.41, 5.74) is 3.21. The van der Waals surface area contributed by atoms with Crippen LogP contribution in [0.2, 0.25) is 5.02 Å². The summed E-state index contributed by atoms with van der Waals surface area (Å²) < 4.78 is 5.17. The van der Waals surface area contributed by atoms with E-state index in [0.29, 0.717) is 11.6 Å². The van der Waals surface area contributed by atoms with E-state index < -0.39 is 0 Å². The van der Waals surface area contributed by atoms with Crippen molar-refractivity contribution in [1.82, 2.24) is 4.98 Å². The number of anilines is 1. The van der Waals surface area contributed by atoms with Gasteiger partial charge < -0.3 is 10.1 Å². The van der Waals surface area contributed by atoms with Crippen LogP contribution in [0.4, 0.5) is 5.69 Å². The molecule has 0 unspecified atom stereocenters. The van der Waals surface area contributed by atoms with Gasteiger partial charge in [0, 0.05) is 25.0 Å². The lowest BCUT2D eigenvalue weighted by atomic mass is 10.1. The Balaban J connectivity index is 2.13. The van der Waals surface area contributed by atoms with Crippen LogP contribution in [0.5, 0.6) is 5.75 Å². The molecule has 94 valence electrons. The Hall–Kier alpha value is -1.74. The Bertz CT molecular complexity index is 543. The van der Waals surface area contributed by atoms with E-state index in [2.05, 4.69) is 17.2 Å². The molecule has 2 rings (SSSR count). The van der Waals surface area contributed by atoms with E-state index in [1.54, 1.807) is 13.3 Å². The van der Waals surface area contributed by atoms with E-state index in [4.69, 9.17) is 16.3 Å². The van der Waals surface area contributed by atoms with Crippen LogP contribution in [0.25, 0.3) is 0 Å². The average Bonchev–Trinajstić information content (AvgIpc) is 2.39. The van der Waals surface area contributed by atoms with Gasteiger partial charge in [-0.3, -0.25) is 4.98 Å². The minimum absolute atomic E-state index is 0.678. The molecule has 0 fully saturated rings. The second-order valence-corrected chi connectivity index (χ2v) is 4.41. The number of nitrogens with zero attached hydrogens (tertiary/aromatic N) is 1. The zero-order chi connectivity index (χ0) is 13.0. The number of hydrogen-bond donors (Lipinski definition) is 1. The van der Waals surface area contributed by atoms with E-state index in [1.165, 1.54) is 5.56 Å². The molecule has 0 aliphatic rings. The molecule has 0 aliphatic carbocycles. The van der Waals surface area contributed by atoms with Gasteiger partial charge in [-0.15, -0.1) is 0 Å². The highest BCUT2D eigenvalue weighted by Crippen LogP contribution is 2.27. The Morgan fingerprint density at radius 3 is 2.89 bits per heavy atom. The molecule has 0 amide bonds. The standard InChI is InChI=1S/C14H15ClN2O/c1-10-5-6-16-8-11(10)9-17-14-7-12(18-2)3-4-13(14)15/h3-8,17H,9H2,1-2H3. The lowest BCUT2D eigenvalue weighted by molar-refractivity contribution is 0.415. The SMILES string of the molecule is COc1ccc(Cl)c(NCc2cnccc2C)c1. The van der Waals surface area contributed by atoms with Crippen LogP contribution in [0.1, 0.15) is 11.1 Å². The molecule has 0 saturated heterocycles. The van der Waals surface area contributed by atoms with Crippen molar-refractivity contribution in [2.75, 3.05) is 12.4 Å². The fourth-order valence-corrected chi connectivity index (χ4v) is 1.82. The first-order valence-electron chi connectivity index (χ1n) is 5.67. The molecule has 1 aromatic heterocycles. The monoisotopic (exact) mass is 262 g/mol. The molecular weight excluding hydrogens is 248 g/mol. The number of ether oxygens (including phenoxy) is 1. The fourth-order valence-electron chi connectivity index (χ4n) is 1.64. The zero-order valence-electron chi connectivity index (χ0n) is 10.4. The summed E-state index contributed by atoms with van der Waals surface area (Å²) in [6, 6.07) is 7.53. The van der Waals surface area contributed by atoms with Gasteiger partial charge in [-0.25, -0.2) is 0 Å². The predicted octanol–water partition coefficient (Wildman–Crippen LogP) is 3.66. The van der Waals surface area contributed by atoms with Crippen molar-refractivity contribution in [3.8, 4) is 5.75 Å². The summed E-state index contributed by atoms with van der Waals surface area (Å²) in [4.78, 5) is 4.12. The van der Waals surface area contributed by atoms with Gasteiger partial charge in [-0.2, -0.15) is 0 Å². The first-order valence-corrected chi connectivity index (χ1v) is 6.05. The summed E-state index contributed by atoms with van der Waals surface area (Å²) in [6.07, 6.45) is 3.65. The number of hydrogen-bond acceptors (Lipinski definition) is 3. The lowest BCUT2D eigenvalue weighted by Gasteiger charge is -2.11. The number of pyridine rings is 1. The maximum atomic E-state index is 6.13. The summed E-state index contributed by atoms with van der Waals surface area (Å²) >= 11 is 6.13. The third-order valence-corrected chi connectivity index (χ3v) is 3.12. The Morgan fingerprint density at radius 1 is 1.33 bits per heavy atom. The van der Waals surface area contributed by atoms with Gasteiger partial charge in [-0.1, -0.05) is 11.6 Å². The largest absolute Gasteiger partial charge is 0.497 e. The van der Waals surface area contributed by atoms with Crippen molar-refractivity contribution in [2.24, 2.45) is 0 Å². The first-order chi connectivity index (χ1) is 8.70. The van der Waals surface area contributed by atoms with Crippen LogP contribution in [0.15, 0.2) is 36.7 Å². The number of aromatic nitrogens is 1. The normalized spacial score (nSPS) is 10.2. The maximum absolute atomic E-state index is 6.13. The third-order valence-electron chi connectivity index (χ3n) is 2.79. The highest BCUT2D eigenvalue weighted by atomic mass is 35.5. The van der Waals surface area contributed by atoms with Gasteiger partial charge in [0.2, 0.25) is 0 Å². The number of methoxy groups -OCH3 is 1. The molecule has 0 aliphatic heterocycles. The van der Waals surface area contributed by atoms with E-state index in [9.17, 15) is 0 Å². The molecule has 2 aromatic rings. The predicted molar refractivity (Wildman–Crippen MR) is 74.3 cm³/mol. The van der Waals surface area contributed by atoms with E-state index in [1.807, 2.05) is 30.5 Å². The van der Waals surface area contributed by atoms with Crippen molar-refractivity contribution >= 4 is 17.3 Å². The molecule has 0 saturated carbocycles. The molecule has 3 nitrogen and oxygen atoms in total. The van der Waals surface area contributed by atoms with Gasteiger partial charge in [-0.05, 0) is 36.2 Å². The van der Waals surface area contributed by atoms with Crippen molar-refractivity contribution in [2.45, 2.75) is 13.5 Å². The molecule has 1 heterocycles. The Kier molecular flexibility index (Phi) is 4.05. The molecule has 0 spiro atoms. The van der Waals surface area contributed by atoms with Gasteiger partial charge in [0.25, 0.3) is 0 Å². The average molecular weight is 263 g/mol. The van der Waals surface area contributed by atoms with E-state index in [-0.39, 0.29) is 0 Å². The molecular formula is C14H15ClN2O. The summed E-state index contributed by atoms with van der Waals surface area (Å²) in [6.45, 7) is 2.75. The molecule has 0 bridgehead atoms. The molecule has 0 radical (unpaired) electrons. The van der Waals surface area contributed by atoms with Gasteiger partial charge in [0.05, 0.1) is 17.8 Å². The number of rotatable bonds is 4. The van der Waals surface area contributed by atoms with Gasteiger partial charge >= 0.3 is 0 Å². The van der Waals surface area contributed by atoms with E-state index >= 15 is 0 Å². The van der Waals surface area contributed by atoms with Crippen molar-refractivity contribution in [1.29, 1.82) is 0 Å². The van der Waals surface area contributed by atoms with Crippen LogP contribution in [-0.2, 0) is 6.54 Å². The second kappa shape index (κ2) is 5.74. The summed E-state index contributed by atoms with van der Waals surface area (Å²) in [7, 11) is 1.64. The van der Waals surface area contributed by atoms with Crippen LogP contribution in [-0.4, -0.2) is 12.1 Å². The minimum Gasteiger partial charge on any atom is -0.497 e. The highest BCUT2D eigenvalue weighted by Gasteiger charge is 2.03. The molecule has 1 aromatic carbocycles. The van der Waals surface area contributed by atoms with Crippen LogP contribution in [0.3, 0.4) is 0 Å². The zero-order valence-corrected chi connectivity index (χ0v) is 11.2. The highest BCUT2D eigenvalue weighted by molar-refractivity contribution is 6.33. The maximum Gasteiger partial charge on any atom is 0.121 e. The van der Waals surface area contributed by atoms with Crippen LogP contribution >= 0.6 is 11.6 Å². The first kappa shape index (κ1) is 12.7. The molecule has 1 N–H and O–H groups in total. The van der Waals surface area contributed by atoms with Crippen molar-refractivity contribution < 1.29 is 4.74 Å². The Labute approximate surface area is 112 Å². The quantitative estimate of drug-likeness (QED) is 0.913. The van der Waals surface area contributed by atoms with Crippen molar-refractivity contribution in [3.63, 3.8) is 0 Å². The van der Waals surface area contributed by atoms with E-state index in [0.717, 1.165) is 17.0 Å². The lowest BCUT2D eigenvalue weighted by Crippen LogP contribution is -2.02. The second-order valence-electron chi connectivity index (χ2n) is 4.00. The van der Waals surface area contributed by atoms with Gasteiger partial charge in [0.1, 0.15) is 5.75 Å². The third kappa shape index (κ3) is 2.93.